The van der Waals surface area contributed by atoms with Crippen molar-refractivity contribution >= 4 is 11.9 Å². The third-order valence-electron chi connectivity index (χ3n) is 3.20. The van der Waals surface area contributed by atoms with Crippen LogP contribution in [-0.4, -0.2) is 53.7 Å². The zero-order chi connectivity index (χ0) is 13.2. The lowest BCUT2D eigenvalue weighted by molar-refractivity contribution is -0.151. The number of aliphatic carboxylic acids is 1. The Balaban J connectivity index is 2.87. The van der Waals surface area contributed by atoms with Crippen LogP contribution in [0.5, 0.6) is 0 Å². The van der Waals surface area contributed by atoms with Crippen LogP contribution in [0.15, 0.2) is 0 Å². The van der Waals surface area contributed by atoms with Gasteiger partial charge in [-0.25, -0.2) is 0 Å². The van der Waals surface area contributed by atoms with Crippen LogP contribution in [0.1, 0.15) is 20.8 Å². The molecule has 0 aromatic rings. The Labute approximate surface area is 101 Å². The van der Waals surface area contributed by atoms with Gasteiger partial charge in [0.1, 0.15) is 6.54 Å². The number of ether oxygens (including phenoxy) is 1. The number of hydrogen-bond acceptors (Lipinski definition) is 4. The van der Waals surface area contributed by atoms with E-state index in [1.807, 2.05) is 0 Å². The van der Waals surface area contributed by atoms with Crippen LogP contribution in [0.25, 0.3) is 0 Å². The van der Waals surface area contributed by atoms with Crippen molar-refractivity contribution in [3.8, 4) is 0 Å². The molecule has 0 spiro atoms. The Morgan fingerprint density at radius 1 is 1.59 bits per heavy atom. The lowest BCUT2D eigenvalue weighted by Gasteiger charge is -2.34. The van der Waals surface area contributed by atoms with Crippen molar-refractivity contribution in [2.24, 2.45) is 11.1 Å². The summed E-state index contributed by atoms with van der Waals surface area (Å²) in [5.41, 5.74) is 5.04. The summed E-state index contributed by atoms with van der Waals surface area (Å²) in [6.07, 6.45) is 0. The highest BCUT2D eigenvalue weighted by Gasteiger charge is 2.47. The van der Waals surface area contributed by atoms with Crippen molar-refractivity contribution in [3.63, 3.8) is 0 Å². The summed E-state index contributed by atoms with van der Waals surface area (Å²) in [4.78, 5) is 24.5. The quantitative estimate of drug-likeness (QED) is 0.706. The van der Waals surface area contributed by atoms with E-state index in [0.29, 0.717) is 6.61 Å². The highest BCUT2D eigenvalue weighted by molar-refractivity contribution is 5.87. The highest BCUT2D eigenvalue weighted by Crippen LogP contribution is 2.30. The molecule has 1 saturated heterocycles. The number of nitrogens with two attached hydrogens (primary N) is 1. The molecule has 0 aromatic heterocycles. The SMILES string of the molecule is CC(C)N(CC(=O)O)C(=O)C1(C)COCC1N. The number of carbonyl (C=O) groups is 2. The molecule has 1 aliphatic rings. The van der Waals surface area contributed by atoms with Crippen molar-refractivity contribution in [2.75, 3.05) is 19.8 Å². The van der Waals surface area contributed by atoms with Gasteiger partial charge in [0.25, 0.3) is 0 Å². The van der Waals surface area contributed by atoms with Gasteiger partial charge >= 0.3 is 5.97 Å². The van der Waals surface area contributed by atoms with Gasteiger partial charge in [-0.15, -0.1) is 0 Å². The minimum absolute atomic E-state index is 0.178. The van der Waals surface area contributed by atoms with Gasteiger partial charge in [0.15, 0.2) is 0 Å². The van der Waals surface area contributed by atoms with Crippen LogP contribution >= 0.6 is 0 Å². The molecular weight excluding hydrogens is 224 g/mol. The molecule has 0 aliphatic carbocycles. The molecule has 2 atom stereocenters. The van der Waals surface area contributed by atoms with Gasteiger partial charge in [-0.05, 0) is 20.8 Å². The molecule has 98 valence electrons. The summed E-state index contributed by atoms with van der Waals surface area (Å²) in [5, 5.41) is 8.82. The number of carboxylic acid groups (broad SMARTS) is 1. The minimum Gasteiger partial charge on any atom is -0.480 e. The number of hydrogen-bond donors (Lipinski definition) is 2. The Bertz CT molecular complexity index is 319. The van der Waals surface area contributed by atoms with Crippen LogP contribution < -0.4 is 5.73 Å². The number of amides is 1. The molecule has 6 nitrogen and oxygen atoms in total. The first-order valence-corrected chi connectivity index (χ1v) is 5.65. The summed E-state index contributed by atoms with van der Waals surface area (Å²) < 4.78 is 5.21. The topological polar surface area (TPSA) is 92.9 Å². The molecule has 2 unspecified atom stereocenters. The minimum atomic E-state index is -1.02. The summed E-state index contributed by atoms with van der Waals surface area (Å²) in [5.74, 6) is -1.27. The van der Waals surface area contributed by atoms with Crippen LogP contribution in [0.3, 0.4) is 0 Å². The first-order valence-electron chi connectivity index (χ1n) is 5.65. The third-order valence-corrected chi connectivity index (χ3v) is 3.20. The van der Waals surface area contributed by atoms with E-state index in [2.05, 4.69) is 0 Å². The van der Waals surface area contributed by atoms with Crippen LogP contribution in [-0.2, 0) is 14.3 Å². The fourth-order valence-corrected chi connectivity index (χ4v) is 1.87. The molecule has 1 heterocycles. The molecule has 0 aromatic carbocycles. The number of nitrogens with zero attached hydrogens (tertiary/aromatic N) is 1. The summed E-state index contributed by atoms with van der Waals surface area (Å²) in [6, 6.07) is -0.562. The van der Waals surface area contributed by atoms with Crippen molar-refractivity contribution in [1.82, 2.24) is 4.90 Å². The zero-order valence-corrected chi connectivity index (χ0v) is 10.5. The number of rotatable bonds is 4. The third kappa shape index (κ3) is 2.76. The van der Waals surface area contributed by atoms with E-state index >= 15 is 0 Å². The average molecular weight is 244 g/mol. The molecular formula is C11H20N2O4. The van der Waals surface area contributed by atoms with Crippen molar-refractivity contribution in [2.45, 2.75) is 32.9 Å². The normalized spacial score (nSPS) is 28.4. The second-order valence-corrected chi connectivity index (χ2v) is 4.96. The fourth-order valence-electron chi connectivity index (χ4n) is 1.87. The molecule has 3 N–H and O–H groups in total. The van der Waals surface area contributed by atoms with Crippen molar-refractivity contribution in [3.05, 3.63) is 0 Å². The maximum atomic E-state index is 12.4. The Morgan fingerprint density at radius 2 is 2.18 bits per heavy atom. The molecule has 6 heteroatoms. The Kier molecular flexibility index (Phi) is 4.11. The molecule has 0 bridgehead atoms. The van der Waals surface area contributed by atoms with E-state index in [1.165, 1.54) is 4.90 Å². The number of carbonyl (C=O) groups excluding carboxylic acids is 1. The maximum absolute atomic E-state index is 12.4. The second kappa shape index (κ2) is 5.01. The van der Waals surface area contributed by atoms with Crippen LogP contribution in [0, 0.1) is 5.41 Å². The summed E-state index contributed by atoms with van der Waals surface area (Å²) in [6.45, 7) is 5.57. The zero-order valence-electron chi connectivity index (χ0n) is 10.5. The van der Waals surface area contributed by atoms with Crippen LogP contribution in [0.4, 0.5) is 0 Å². The Morgan fingerprint density at radius 3 is 2.53 bits per heavy atom. The van der Waals surface area contributed by atoms with Gasteiger partial charge in [-0.3, -0.25) is 9.59 Å². The van der Waals surface area contributed by atoms with Gasteiger partial charge in [0.05, 0.1) is 18.6 Å². The van der Waals surface area contributed by atoms with Crippen LogP contribution in [0.2, 0.25) is 0 Å². The first kappa shape index (κ1) is 13.9. The van der Waals surface area contributed by atoms with Crippen molar-refractivity contribution < 1.29 is 19.4 Å². The summed E-state index contributed by atoms with van der Waals surface area (Å²) in [7, 11) is 0. The van der Waals surface area contributed by atoms with Gasteiger partial charge in [-0.1, -0.05) is 0 Å². The molecule has 1 amide bonds. The molecule has 17 heavy (non-hydrogen) atoms. The first-order chi connectivity index (χ1) is 7.79. The molecule has 1 rings (SSSR count). The molecule has 0 radical (unpaired) electrons. The van der Waals surface area contributed by atoms with E-state index in [4.69, 9.17) is 15.6 Å². The van der Waals surface area contributed by atoms with E-state index < -0.39 is 11.4 Å². The molecule has 0 saturated carbocycles. The largest absolute Gasteiger partial charge is 0.480 e. The second-order valence-electron chi connectivity index (χ2n) is 4.96. The highest BCUT2D eigenvalue weighted by atomic mass is 16.5. The van der Waals surface area contributed by atoms with Crippen molar-refractivity contribution in [1.29, 1.82) is 0 Å². The molecule has 1 aliphatic heterocycles. The molecule has 1 fully saturated rings. The smallest absolute Gasteiger partial charge is 0.323 e. The lowest BCUT2D eigenvalue weighted by atomic mass is 9.84. The van der Waals surface area contributed by atoms with Gasteiger partial charge in [-0.2, -0.15) is 0 Å². The maximum Gasteiger partial charge on any atom is 0.323 e. The lowest BCUT2D eigenvalue weighted by Crippen LogP contribution is -2.54. The van der Waals surface area contributed by atoms with E-state index in [0.717, 1.165) is 0 Å². The van der Waals surface area contributed by atoms with Gasteiger partial charge in [0.2, 0.25) is 5.91 Å². The van der Waals surface area contributed by atoms with E-state index in [9.17, 15) is 9.59 Å². The standard InChI is InChI=1S/C11H20N2O4/c1-7(2)13(4-9(14)15)10(16)11(3)6-17-5-8(11)12/h7-8H,4-6,12H2,1-3H3,(H,14,15). The average Bonchev–Trinajstić information content (AvgIpc) is 2.55. The van der Waals surface area contributed by atoms with Gasteiger partial charge in [0, 0.05) is 12.1 Å². The number of carboxylic acids is 1. The monoisotopic (exact) mass is 244 g/mol. The predicted octanol–water partition coefficient (Wildman–Crippen LogP) is -0.328. The fraction of sp³-hybridized carbons (Fsp3) is 0.818. The Hall–Kier alpha value is -1.14. The summed E-state index contributed by atoms with van der Waals surface area (Å²) >= 11 is 0. The van der Waals surface area contributed by atoms with E-state index in [-0.39, 0.29) is 31.1 Å². The van der Waals surface area contributed by atoms with E-state index in [1.54, 1.807) is 20.8 Å². The predicted molar refractivity (Wildman–Crippen MR) is 61.4 cm³/mol. The van der Waals surface area contributed by atoms with Gasteiger partial charge < -0.3 is 20.5 Å².